The molecule has 0 unspecified atom stereocenters. The number of aromatic nitrogens is 3. The van der Waals surface area contributed by atoms with Crippen LogP contribution in [0.2, 0.25) is 0 Å². The number of hydrogen-bond acceptors (Lipinski definition) is 1. The monoisotopic (exact) mass is 831 g/mol. The van der Waals surface area contributed by atoms with Crippen LogP contribution in [-0.2, 0) is 21.1 Å². The van der Waals surface area contributed by atoms with Crippen LogP contribution in [0.3, 0.4) is 0 Å². The molecule has 0 amide bonds. The van der Waals surface area contributed by atoms with E-state index >= 15 is 0 Å². The fourth-order valence-corrected chi connectivity index (χ4v) is 6.92. The van der Waals surface area contributed by atoms with Gasteiger partial charge in [0.05, 0.1) is 11.0 Å². The normalized spacial score (nSPS) is 11.0. The summed E-state index contributed by atoms with van der Waals surface area (Å²) in [6, 6.07) is 71.0. The molecule has 0 aliphatic heterocycles. The Bertz CT molecular complexity index is 2680. The van der Waals surface area contributed by atoms with E-state index in [0.717, 1.165) is 39.3 Å². The van der Waals surface area contributed by atoms with Gasteiger partial charge >= 0.3 is 0 Å². The molecule has 0 spiro atoms. The zero-order valence-electron chi connectivity index (χ0n) is 27.5. The molecule has 246 valence electrons. The Labute approximate surface area is 311 Å². The summed E-state index contributed by atoms with van der Waals surface area (Å²) in [6.07, 6.45) is 1.79. The van der Waals surface area contributed by atoms with E-state index in [1.54, 1.807) is 6.20 Å². The Balaban J connectivity index is 0.000000245. The molecule has 7 aromatic carbocycles. The summed E-state index contributed by atoms with van der Waals surface area (Å²) < 4.78 is 4.75. The van der Waals surface area contributed by atoms with Gasteiger partial charge in [0.2, 0.25) is 0 Å². The zero-order chi connectivity index (χ0) is 33.3. The summed E-state index contributed by atoms with van der Waals surface area (Å²) in [5, 5.41) is 4.96. The maximum absolute atomic E-state index is 4.22. The fourth-order valence-electron chi connectivity index (χ4n) is 6.92. The molecule has 3 aromatic heterocycles. The summed E-state index contributed by atoms with van der Waals surface area (Å²) in [5.41, 5.74) is 11.2. The third kappa shape index (κ3) is 5.97. The molecule has 0 aliphatic rings. The Kier molecular flexibility index (Phi) is 8.88. The van der Waals surface area contributed by atoms with Gasteiger partial charge in [-0.05, 0) is 65.1 Å². The van der Waals surface area contributed by atoms with Gasteiger partial charge in [0, 0.05) is 54.9 Å². The summed E-state index contributed by atoms with van der Waals surface area (Å²) >= 11 is 0. The molecule has 51 heavy (non-hydrogen) atoms. The van der Waals surface area contributed by atoms with Crippen LogP contribution in [0.25, 0.3) is 77.4 Å². The smallest absolute Gasteiger partial charge is 0.0562 e. The Morgan fingerprint density at radius 1 is 0.392 bits per heavy atom. The summed E-state index contributed by atoms with van der Waals surface area (Å²) in [6.45, 7) is 0. The number of para-hydroxylation sites is 3. The zero-order valence-corrected chi connectivity index (χ0v) is 29.8. The van der Waals surface area contributed by atoms with Crippen molar-refractivity contribution >= 4 is 43.6 Å². The first-order valence-electron chi connectivity index (χ1n) is 16.7. The van der Waals surface area contributed by atoms with Gasteiger partial charge in [0.15, 0.2) is 0 Å². The molecule has 3 nitrogen and oxygen atoms in total. The number of nitrogens with zero attached hydrogens (tertiary/aromatic N) is 3. The molecule has 3 heterocycles. The molecule has 10 aromatic rings. The molecule has 0 saturated carbocycles. The Morgan fingerprint density at radius 2 is 0.961 bits per heavy atom. The van der Waals surface area contributed by atoms with E-state index in [2.05, 4.69) is 154 Å². The van der Waals surface area contributed by atoms with Crippen LogP contribution in [0.5, 0.6) is 0 Å². The third-order valence-electron chi connectivity index (χ3n) is 9.17. The van der Waals surface area contributed by atoms with Gasteiger partial charge in [-0.15, -0.1) is 48.0 Å². The van der Waals surface area contributed by atoms with Crippen LogP contribution in [0.4, 0.5) is 0 Å². The predicted octanol–water partition coefficient (Wildman–Crippen LogP) is 11.7. The van der Waals surface area contributed by atoms with E-state index in [9.17, 15) is 0 Å². The first kappa shape index (κ1) is 32.2. The fraction of sp³-hybridized carbons (Fsp3) is 0. The number of hydrogen-bond donors (Lipinski definition) is 0. The molecule has 0 saturated heterocycles. The average Bonchev–Trinajstić information content (AvgIpc) is 3.70. The van der Waals surface area contributed by atoms with E-state index in [1.165, 1.54) is 38.1 Å². The molecule has 0 N–H and O–H groups in total. The van der Waals surface area contributed by atoms with Crippen LogP contribution in [-0.4, -0.2) is 14.1 Å². The third-order valence-corrected chi connectivity index (χ3v) is 9.17. The van der Waals surface area contributed by atoms with Gasteiger partial charge in [0.1, 0.15) is 0 Å². The van der Waals surface area contributed by atoms with Crippen LogP contribution in [0.1, 0.15) is 0 Å². The molecule has 0 atom stereocenters. The first-order chi connectivity index (χ1) is 24.8. The molecule has 0 radical (unpaired) electrons. The van der Waals surface area contributed by atoms with E-state index in [-0.39, 0.29) is 21.1 Å². The van der Waals surface area contributed by atoms with Crippen molar-refractivity contribution in [2.75, 3.05) is 0 Å². The maximum atomic E-state index is 4.22. The minimum atomic E-state index is 0. The van der Waals surface area contributed by atoms with Gasteiger partial charge in [-0.1, -0.05) is 72.1 Å². The largest absolute Gasteiger partial charge is 0.351 e. The topological polar surface area (TPSA) is 22.8 Å². The van der Waals surface area contributed by atoms with Crippen LogP contribution >= 0.6 is 0 Å². The van der Waals surface area contributed by atoms with Crippen molar-refractivity contribution in [3.8, 4) is 33.8 Å². The van der Waals surface area contributed by atoms with Gasteiger partial charge in [-0.2, -0.15) is 36.4 Å². The molecule has 0 fully saturated rings. The molecular weight excluding hydrogens is 802 g/mol. The predicted molar refractivity (Wildman–Crippen MR) is 207 cm³/mol. The van der Waals surface area contributed by atoms with Crippen molar-refractivity contribution < 1.29 is 21.1 Å². The van der Waals surface area contributed by atoms with Crippen molar-refractivity contribution in [3.05, 3.63) is 200 Å². The second-order valence-electron chi connectivity index (χ2n) is 12.2. The second kappa shape index (κ2) is 14.1. The van der Waals surface area contributed by atoms with E-state index in [0.29, 0.717) is 0 Å². The molecular formula is C47H30N3Pt-3. The summed E-state index contributed by atoms with van der Waals surface area (Å²) in [5.74, 6) is 0. The van der Waals surface area contributed by atoms with E-state index in [1.807, 2.05) is 54.6 Å². The summed E-state index contributed by atoms with van der Waals surface area (Å²) in [7, 11) is 0. The van der Waals surface area contributed by atoms with Crippen LogP contribution < -0.4 is 0 Å². The van der Waals surface area contributed by atoms with Gasteiger partial charge in [-0.3, -0.25) is 0 Å². The molecule has 0 bridgehead atoms. The van der Waals surface area contributed by atoms with Gasteiger partial charge in [0.25, 0.3) is 0 Å². The van der Waals surface area contributed by atoms with Crippen LogP contribution in [0, 0.1) is 18.2 Å². The van der Waals surface area contributed by atoms with E-state index < -0.39 is 0 Å². The van der Waals surface area contributed by atoms with Gasteiger partial charge in [-0.25, -0.2) is 11.1 Å². The first-order valence-corrected chi connectivity index (χ1v) is 16.7. The Morgan fingerprint density at radius 3 is 1.61 bits per heavy atom. The number of fused-ring (bicyclic) bond motifs is 6. The summed E-state index contributed by atoms with van der Waals surface area (Å²) in [4.78, 5) is 4.22. The number of benzene rings is 7. The van der Waals surface area contributed by atoms with Crippen molar-refractivity contribution in [2.24, 2.45) is 0 Å². The van der Waals surface area contributed by atoms with Gasteiger partial charge < -0.3 is 14.1 Å². The average molecular weight is 832 g/mol. The molecule has 0 aliphatic carbocycles. The Hall–Kier alpha value is -6.02. The number of pyridine rings is 1. The van der Waals surface area contributed by atoms with Crippen molar-refractivity contribution in [3.63, 3.8) is 0 Å². The molecule has 4 heteroatoms. The second-order valence-corrected chi connectivity index (χ2v) is 12.2. The van der Waals surface area contributed by atoms with Crippen molar-refractivity contribution in [1.82, 2.24) is 14.1 Å². The minimum Gasteiger partial charge on any atom is -0.351 e. The van der Waals surface area contributed by atoms with Crippen molar-refractivity contribution in [1.29, 1.82) is 0 Å². The molecule has 10 rings (SSSR count). The van der Waals surface area contributed by atoms with Crippen molar-refractivity contribution in [2.45, 2.75) is 0 Å². The number of rotatable bonds is 4. The van der Waals surface area contributed by atoms with E-state index in [4.69, 9.17) is 0 Å². The standard InChI is InChI=1S/C36H22N2.C11H8N.Pt/c1-4-12-25(13-5-1)26-20-21-34-30(22-26)32-23-31-29-18-10-11-19-33(29)37(27-14-6-2-7-15-27)35(31)24-36(32)38(34)28-16-8-3-9-17-28;1-2-6-10(7-3-1)11-8-4-5-9-12-11;/h1-12,14-19,21-24H;1-6,8-9H;/q-2;-1;. The van der Waals surface area contributed by atoms with Crippen LogP contribution in [0.15, 0.2) is 182 Å². The SMILES string of the molecule is [Pt].[c-]1ccccc1-c1[c-]cc2c(c1)c1cc3c4ccccc4n(-c4ccccc4)c3cc1n2-c1ccccc1.[c-]1ccccc1-c1ccccn1. The maximum Gasteiger partial charge on any atom is 0.0562 e. The quantitative estimate of drug-likeness (QED) is 0.162. The minimum absolute atomic E-state index is 0.